The van der Waals surface area contributed by atoms with E-state index in [9.17, 15) is 9.59 Å². The Hall–Kier alpha value is -0.940. The predicted octanol–water partition coefficient (Wildman–Crippen LogP) is 0.422. The number of hydrogen-bond acceptors (Lipinski definition) is 5. The highest BCUT2D eigenvalue weighted by atomic mass is 16.6. The number of rotatable bonds is 9. The van der Waals surface area contributed by atoms with Gasteiger partial charge in [0.15, 0.2) is 0 Å². The van der Waals surface area contributed by atoms with E-state index in [-0.39, 0.29) is 12.2 Å². The van der Waals surface area contributed by atoms with Crippen molar-refractivity contribution in [3.8, 4) is 0 Å². The van der Waals surface area contributed by atoms with Crippen molar-refractivity contribution in [3.05, 3.63) is 0 Å². The summed E-state index contributed by atoms with van der Waals surface area (Å²) in [7, 11) is 0. The normalized spacial score (nSPS) is 10.5. The molecule has 0 aromatic carbocycles. The number of aliphatic hydroxyl groups excluding tert-OH is 2. The third-order valence-electron chi connectivity index (χ3n) is 2.11. The van der Waals surface area contributed by atoms with Crippen LogP contribution in [0.5, 0.6) is 0 Å². The van der Waals surface area contributed by atoms with E-state index in [1.54, 1.807) is 0 Å². The van der Waals surface area contributed by atoms with E-state index in [1.165, 1.54) is 0 Å². The van der Waals surface area contributed by atoms with Crippen molar-refractivity contribution in [3.63, 3.8) is 0 Å². The molecule has 5 heteroatoms. The highest BCUT2D eigenvalue weighted by molar-refractivity contribution is 5.95. The lowest BCUT2D eigenvalue weighted by Crippen LogP contribution is -2.26. The zero-order chi connectivity index (χ0) is 12.4. The van der Waals surface area contributed by atoms with Crippen molar-refractivity contribution in [2.75, 3.05) is 13.2 Å². The lowest BCUT2D eigenvalue weighted by molar-refractivity contribution is -0.154. The van der Waals surface area contributed by atoms with Gasteiger partial charge >= 0.3 is 5.97 Å². The molecule has 0 radical (unpaired) electrons. The summed E-state index contributed by atoms with van der Waals surface area (Å²) in [6, 6.07) is 0. The highest BCUT2D eigenvalue weighted by Crippen LogP contribution is 2.03. The molecule has 0 aliphatic heterocycles. The standard InChI is InChI=1S/C11H20O5/c1-2-3-4-5-9(14)6-11(15)16-10(7-12)8-13/h10,12-13H,2-8H2,1H3. The summed E-state index contributed by atoms with van der Waals surface area (Å²) in [6.07, 6.45) is 1.96. The molecule has 0 aliphatic carbocycles. The number of carbonyl (C=O) groups excluding carboxylic acids is 2. The third-order valence-corrected chi connectivity index (χ3v) is 2.11. The van der Waals surface area contributed by atoms with E-state index in [1.807, 2.05) is 6.92 Å². The second-order valence-corrected chi connectivity index (χ2v) is 3.65. The van der Waals surface area contributed by atoms with E-state index in [0.717, 1.165) is 19.3 Å². The van der Waals surface area contributed by atoms with Crippen LogP contribution in [-0.2, 0) is 14.3 Å². The molecule has 0 bridgehead atoms. The Morgan fingerprint density at radius 1 is 1.19 bits per heavy atom. The van der Waals surface area contributed by atoms with Crippen LogP contribution in [0.15, 0.2) is 0 Å². The number of carbonyl (C=O) groups is 2. The number of esters is 1. The Labute approximate surface area is 95.4 Å². The largest absolute Gasteiger partial charge is 0.457 e. The average molecular weight is 232 g/mol. The minimum Gasteiger partial charge on any atom is -0.457 e. The van der Waals surface area contributed by atoms with E-state index < -0.39 is 25.3 Å². The highest BCUT2D eigenvalue weighted by Gasteiger charge is 2.15. The van der Waals surface area contributed by atoms with E-state index in [0.29, 0.717) is 6.42 Å². The molecule has 0 unspecified atom stereocenters. The van der Waals surface area contributed by atoms with E-state index in [2.05, 4.69) is 4.74 Å². The van der Waals surface area contributed by atoms with Gasteiger partial charge in [-0.25, -0.2) is 0 Å². The first kappa shape index (κ1) is 15.1. The molecule has 0 fully saturated rings. The predicted molar refractivity (Wildman–Crippen MR) is 57.8 cm³/mol. The zero-order valence-electron chi connectivity index (χ0n) is 9.65. The molecule has 0 aromatic rings. The number of ether oxygens (including phenoxy) is 1. The third kappa shape index (κ3) is 7.36. The molecule has 0 atom stereocenters. The molecular weight excluding hydrogens is 212 g/mol. The SMILES string of the molecule is CCCCCC(=O)CC(=O)OC(CO)CO. The summed E-state index contributed by atoms with van der Waals surface area (Å²) in [4.78, 5) is 22.4. The second-order valence-electron chi connectivity index (χ2n) is 3.65. The van der Waals surface area contributed by atoms with Crippen LogP contribution < -0.4 is 0 Å². The monoisotopic (exact) mass is 232 g/mol. The number of ketones is 1. The lowest BCUT2D eigenvalue weighted by Gasteiger charge is -2.11. The summed E-state index contributed by atoms with van der Waals surface area (Å²) < 4.78 is 4.67. The zero-order valence-corrected chi connectivity index (χ0v) is 9.65. The van der Waals surface area contributed by atoms with E-state index in [4.69, 9.17) is 10.2 Å². The van der Waals surface area contributed by atoms with Crippen LogP contribution in [0.4, 0.5) is 0 Å². The smallest absolute Gasteiger partial charge is 0.313 e. The molecule has 0 saturated carbocycles. The van der Waals surface area contributed by atoms with Crippen LogP contribution in [0.1, 0.15) is 39.0 Å². The van der Waals surface area contributed by atoms with Gasteiger partial charge in [-0.3, -0.25) is 9.59 Å². The fraction of sp³-hybridized carbons (Fsp3) is 0.818. The van der Waals surface area contributed by atoms with Crippen LogP contribution >= 0.6 is 0 Å². The summed E-state index contributed by atoms with van der Waals surface area (Å²) in [5.74, 6) is -0.845. The van der Waals surface area contributed by atoms with Crippen molar-refractivity contribution in [2.24, 2.45) is 0 Å². The van der Waals surface area contributed by atoms with Gasteiger partial charge < -0.3 is 14.9 Å². The van der Waals surface area contributed by atoms with Gasteiger partial charge in [0.05, 0.1) is 13.2 Å². The van der Waals surface area contributed by atoms with Crippen LogP contribution in [0, 0.1) is 0 Å². The molecule has 0 rings (SSSR count). The maximum atomic E-state index is 11.3. The summed E-state index contributed by atoms with van der Waals surface area (Å²) in [5, 5.41) is 17.3. The first-order chi connectivity index (χ1) is 7.63. The fourth-order valence-corrected chi connectivity index (χ4v) is 1.18. The first-order valence-corrected chi connectivity index (χ1v) is 5.56. The van der Waals surface area contributed by atoms with Crippen molar-refractivity contribution in [1.29, 1.82) is 0 Å². The molecule has 94 valence electrons. The van der Waals surface area contributed by atoms with Gasteiger partial charge in [-0.15, -0.1) is 0 Å². The minimum atomic E-state index is -0.920. The van der Waals surface area contributed by atoms with Gasteiger partial charge in [-0.1, -0.05) is 19.8 Å². The van der Waals surface area contributed by atoms with Crippen LogP contribution in [0.3, 0.4) is 0 Å². The number of unbranched alkanes of at least 4 members (excludes halogenated alkanes) is 2. The maximum Gasteiger partial charge on any atom is 0.313 e. The van der Waals surface area contributed by atoms with Crippen molar-refractivity contribution in [1.82, 2.24) is 0 Å². The second kappa shape index (κ2) is 9.30. The van der Waals surface area contributed by atoms with Gasteiger partial charge in [0.25, 0.3) is 0 Å². The molecule has 5 nitrogen and oxygen atoms in total. The molecular formula is C11H20O5. The van der Waals surface area contributed by atoms with Crippen LogP contribution in [0.25, 0.3) is 0 Å². The van der Waals surface area contributed by atoms with Crippen LogP contribution in [-0.4, -0.2) is 41.3 Å². The van der Waals surface area contributed by atoms with Gasteiger partial charge in [0, 0.05) is 6.42 Å². The molecule has 0 spiro atoms. The fourth-order valence-electron chi connectivity index (χ4n) is 1.18. The topological polar surface area (TPSA) is 83.8 Å². The Bertz CT molecular complexity index is 210. The Morgan fingerprint density at radius 2 is 1.81 bits per heavy atom. The average Bonchev–Trinajstić information content (AvgIpc) is 2.26. The van der Waals surface area contributed by atoms with Gasteiger partial charge in [0.1, 0.15) is 18.3 Å². The van der Waals surface area contributed by atoms with Crippen molar-refractivity contribution >= 4 is 11.8 Å². The van der Waals surface area contributed by atoms with Gasteiger partial charge in [-0.05, 0) is 6.42 Å². The Kier molecular flexibility index (Phi) is 8.75. The van der Waals surface area contributed by atoms with Crippen molar-refractivity contribution < 1.29 is 24.5 Å². The molecule has 2 N–H and O–H groups in total. The number of aliphatic hydroxyl groups is 2. The molecule has 0 aromatic heterocycles. The van der Waals surface area contributed by atoms with Gasteiger partial charge in [-0.2, -0.15) is 0 Å². The molecule has 16 heavy (non-hydrogen) atoms. The summed E-state index contributed by atoms with van der Waals surface area (Å²) in [5.41, 5.74) is 0. The van der Waals surface area contributed by atoms with Crippen LogP contribution in [0.2, 0.25) is 0 Å². The number of hydrogen-bond donors (Lipinski definition) is 2. The molecule has 0 saturated heterocycles. The Balaban J connectivity index is 3.73. The molecule has 0 heterocycles. The number of Topliss-reactive ketones (excluding diaryl/α,β-unsaturated/α-hetero) is 1. The Morgan fingerprint density at radius 3 is 2.31 bits per heavy atom. The molecule has 0 aliphatic rings. The first-order valence-electron chi connectivity index (χ1n) is 5.56. The van der Waals surface area contributed by atoms with Gasteiger partial charge in [0.2, 0.25) is 0 Å². The van der Waals surface area contributed by atoms with Crippen molar-refractivity contribution in [2.45, 2.75) is 45.1 Å². The maximum absolute atomic E-state index is 11.3. The molecule has 0 amide bonds. The summed E-state index contributed by atoms with van der Waals surface area (Å²) in [6.45, 7) is 1.16. The minimum absolute atomic E-state index is 0.159. The van der Waals surface area contributed by atoms with E-state index >= 15 is 0 Å². The lowest BCUT2D eigenvalue weighted by atomic mass is 10.1. The summed E-state index contributed by atoms with van der Waals surface area (Å²) >= 11 is 0. The quantitative estimate of drug-likeness (QED) is 0.342.